The Kier molecular flexibility index (Phi) is 4.17. The van der Waals surface area contributed by atoms with Crippen LogP contribution in [0.25, 0.3) is 11.1 Å². The highest BCUT2D eigenvalue weighted by molar-refractivity contribution is 5.69. The van der Waals surface area contributed by atoms with Gasteiger partial charge in [0, 0.05) is 17.2 Å². The van der Waals surface area contributed by atoms with E-state index in [1.807, 2.05) is 0 Å². The first-order chi connectivity index (χ1) is 11.9. The van der Waals surface area contributed by atoms with Crippen LogP contribution in [0.15, 0.2) is 60.7 Å². The van der Waals surface area contributed by atoms with Crippen molar-refractivity contribution >= 4 is 0 Å². The second-order valence-electron chi connectivity index (χ2n) is 6.56. The van der Waals surface area contributed by atoms with Gasteiger partial charge in [-0.3, -0.25) is 4.98 Å². The largest absolute Gasteiger partial charge is 0.250 e. The van der Waals surface area contributed by atoms with E-state index in [0.717, 1.165) is 25.7 Å². The number of benzene rings is 2. The molecule has 1 unspecified atom stereocenters. The minimum Gasteiger partial charge on any atom is -0.250 e. The number of pyridine rings is 1. The van der Waals surface area contributed by atoms with Crippen molar-refractivity contribution in [1.82, 2.24) is 4.98 Å². The minimum absolute atomic E-state index is 0.479. The smallest absolute Gasteiger partial charge is 0.0977 e. The number of hydrogen-bond donors (Lipinski definition) is 0. The van der Waals surface area contributed by atoms with Gasteiger partial charge in [-0.15, -0.1) is 0 Å². The molecule has 0 saturated heterocycles. The van der Waals surface area contributed by atoms with Crippen molar-refractivity contribution in [3.63, 3.8) is 0 Å². The highest BCUT2D eigenvalue weighted by Gasteiger charge is 2.29. The monoisotopic (exact) mass is 312 g/mol. The van der Waals surface area contributed by atoms with Crippen LogP contribution in [0.5, 0.6) is 0 Å². The Balaban J connectivity index is 1.88. The lowest BCUT2D eigenvalue weighted by molar-refractivity contribution is 0.775. The first-order valence-electron chi connectivity index (χ1n) is 8.92. The van der Waals surface area contributed by atoms with E-state index in [-0.39, 0.29) is 0 Å². The van der Waals surface area contributed by atoms with E-state index < -0.39 is 0 Å². The molecular formula is C23H22N. The summed E-state index contributed by atoms with van der Waals surface area (Å²) in [5.41, 5.74) is 8.03. The molecule has 0 spiro atoms. The van der Waals surface area contributed by atoms with Crippen molar-refractivity contribution in [3.05, 3.63) is 89.2 Å². The van der Waals surface area contributed by atoms with Crippen molar-refractivity contribution in [2.45, 2.75) is 38.5 Å². The van der Waals surface area contributed by atoms with E-state index >= 15 is 0 Å². The standard InChI is InChI=1S/C23H22N/c1-2-9-20-21(18-12-7-4-8-13-18)16-24-22-15-14-19(23(20)22)17-10-5-3-6-11-17/h3-8,10-13,19H,2,9,14-15H2,1H3. The molecule has 0 saturated carbocycles. The summed E-state index contributed by atoms with van der Waals surface area (Å²) in [4.78, 5) is 4.73. The van der Waals surface area contributed by atoms with Gasteiger partial charge in [0.2, 0.25) is 0 Å². The molecule has 1 aromatic heterocycles. The average molecular weight is 312 g/mol. The fourth-order valence-electron chi connectivity index (χ4n) is 3.96. The molecule has 0 aliphatic heterocycles. The van der Waals surface area contributed by atoms with Gasteiger partial charge in [-0.25, -0.2) is 0 Å². The molecular weight excluding hydrogens is 290 g/mol. The molecule has 4 rings (SSSR count). The molecule has 1 atom stereocenters. The average Bonchev–Trinajstić information content (AvgIpc) is 3.08. The number of rotatable bonds is 4. The normalized spacial score (nSPS) is 16.1. The molecule has 0 fully saturated rings. The highest BCUT2D eigenvalue weighted by atomic mass is 14.7. The molecule has 1 heterocycles. The molecule has 119 valence electrons. The van der Waals surface area contributed by atoms with E-state index in [2.05, 4.69) is 73.8 Å². The van der Waals surface area contributed by atoms with E-state index in [9.17, 15) is 0 Å². The van der Waals surface area contributed by atoms with Gasteiger partial charge in [-0.1, -0.05) is 74.0 Å². The van der Waals surface area contributed by atoms with Gasteiger partial charge in [0.1, 0.15) is 0 Å². The Morgan fingerprint density at radius 3 is 2.42 bits per heavy atom. The Hall–Kier alpha value is -2.41. The summed E-state index contributed by atoms with van der Waals surface area (Å²) >= 11 is 0. The van der Waals surface area contributed by atoms with Crippen LogP contribution in [0.2, 0.25) is 0 Å². The molecule has 1 aliphatic carbocycles. The number of fused-ring (bicyclic) bond motifs is 1. The van der Waals surface area contributed by atoms with Crippen LogP contribution in [-0.2, 0) is 12.8 Å². The Labute approximate surface area is 144 Å². The summed E-state index contributed by atoms with van der Waals surface area (Å²) < 4.78 is 0. The zero-order valence-electron chi connectivity index (χ0n) is 14.1. The van der Waals surface area contributed by atoms with Crippen LogP contribution < -0.4 is 0 Å². The summed E-state index contributed by atoms with van der Waals surface area (Å²) in [6, 6.07) is 21.5. The number of aryl methyl sites for hydroxylation is 1. The summed E-state index contributed by atoms with van der Waals surface area (Å²) in [6.07, 6.45) is 7.83. The molecule has 1 radical (unpaired) electrons. The quantitative estimate of drug-likeness (QED) is 0.613. The van der Waals surface area contributed by atoms with E-state index in [1.165, 1.54) is 33.5 Å². The third kappa shape index (κ3) is 2.65. The lowest BCUT2D eigenvalue weighted by Crippen LogP contribution is -2.05. The van der Waals surface area contributed by atoms with Crippen molar-refractivity contribution in [1.29, 1.82) is 0 Å². The summed E-state index contributed by atoms with van der Waals surface area (Å²) in [5.74, 6) is 0.479. The van der Waals surface area contributed by atoms with Crippen LogP contribution in [0.1, 0.15) is 48.1 Å². The third-order valence-corrected chi connectivity index (χ3v) is 5.02. The molecule has 1 heteroatoms. The second-order valence-corrected chi connectivity index (χ2v) is 6.56. The van der Waals surface area contributed by atoms with Crippen molar-refractivity contribution < 1.29 is 0 Å². The molecule has 0 amide bonds. The minimum atomic E-state index is 0.479. The zero-order valence-corrected chi connectivity index (χ0v) is 14.1. The van der Waals surface area contributed by atoms with Crippen LogP contribution in [-0.4, -0.2) is 4.98 Å². The van der Waals surface area contributed by atoms with E-state index in [0.29, 0.717) is 5.92 Å². The third-order valence-electron chi connectivity index (χ3n) is 5.02. The van der Waals surface area contributed by atoms with Gasteiger partial charge in [0.25, 0.3) is 0 Å². The number of aromatic nitrogens is 1. The second kappa shape index (κ2) is 6.60. The fourth-order valence-corrected chi connectivity index (χ4v) is 3.96. The SMILES string of the molecule is CCCc1c(-c2ccccc2)[c]nc2c1C(c1ccccc1)CC2. The lowest BCUT2D eigenvalue weighted by Gasteiger charge is -2.19. The maximum absolute atomic E-state index is 4.73. The summed E-state index contributed by atoms with van der Waals surface area (Å²) in [7, 11) is 0. The molecule has 3 aromatic rings. The van der Waals surface area contributed by atoms with Crippen molar-refractivity contribution in [2.75, 3.05) is 0 Å². The van der Waals surface area contributed by atoms with E-state index in [4.69, 9.17) is 4.98 Å². The first-order valence-corrected chi connectivity index (χ1v) is 8.92. The molecule has 2 aromatic carbocycles. The van der Waals surface area contributed by atoms with Crippen LogP contribution >= 0.6 is 0 Å². The Morgan fingerprint density at radius 2 is 1.71 bits per heavy atom. The maximum atomic E-state index is 4.73. The summed E-state index contributed by atoms with van der Waals surface area (Å²) in [6.45, 7) is 2.26. The fraction of sp³-hybridized carbons (Fsp3) is 0.261. The molecule has 0 bridgehead atoms. The molecule has 24 heavy (non-hydrogen) atoms. The topological polar surface area (TPSA) is 12.9 Å². The predicted octanol–water partition coefficient (Wildman–Crippen LogP) is 5.58. The van der Waals surface area contributed by atoms with Gasteiger partial charge < -0.3 is 0 Å². The van der Waals surface area contributed by atoms with Gasteiger partial charge >= 0.3 is 0 Å². The van der Waals surface area contributed by atoms with Gasteiger partial charge in [-0.2, -0.15) is 0 Å². The van der Waals surface area contributed by atoms with E-state index in [1.54, 1.807) is 0 Å². The number of nitrogens with zero attached hydrogens (tertiary/aromatic N) is 1. The zero-order chi connectivity index (χ0) is 16.4. The Bertz CT molecular complexity index is 821. The Morgan fingerprint density at radius 1 is 1.00 bits per heavy atom. The van der Waals surface area contributed by atoms with Gasteiger partial charge in [-0.05, 0) is 41.5 Å². The summed E-state index contributed by atoms with van der Waals surface area (Å²) in [5, 5.41) is 0. The predicted molar refractivity (Wildman–Crippen MR) is 99.1 cm³/mol. The van der Waals surface area contributed by atoms with Gasteiger partial charge in [0.05, 0.1) is 6.20 Å². The lowest BCUT2D eigenvalue weighted by atomic mass is 9.86. The number of hydrogen-bond acceptors (Lipinski definition) is 1. The van der Waals surface area contributed by atoms with Crippen molar-refractivity contribution in [2.24, 2.45) is 0 Å². The highest BCUT2D eigenvalue weighted by Crippen LogP contribution is 2.42. The first kappa shape index (κ1) is 15.1. The molecule has 0 N–H and O–H groups in total. The van der Waals surface area contributed by atoms with Crippen LogP contribution in [0.4, 0.5) is 0 Å². The van der Waals surface area contributed by atoms with Crippen molar-refractivity contribution in [3.8, 4) is 11.1 Å². The maximum Gasteiger partial charge on any atom is 0.0977 e. The van der Waals surface area contributed by atoms with Crippen LogP contribution in [0.3, 0.4) is 0 Å². The van der Waals surface area contributed by atoms with Crippen LogP contribution in [0, 0.1) is 6.20 Å². The molecule has 1 nitrogen and oxygen atoms in total. The van der Waals surface area contributed by atoms with Gasteiger partial charge in [0.15, 0.2) is 0 Å². The molecule has 1 aliphatic rings.